The number of morpholine rings is 1. The standard InChI is InChI=1S/C28H39N5O3S2/c1-4-6-10-21(5-2)19-33-27(35)23(38-28(33)37)18-22-24(29-11-8-12-31-14-16-36-17-15-31)30-25-20(3)9-7-13-32(25)26(22)34/h7,9,13,18,21,29H,4-6,8,10-12,14-17,19H2,1-3H3/b23-18-/t21-/m1/s1. The van der Waals surface area contributed by atoms with Gasteiger partial charge in [0.25, 0.3) is 11.5 Å². The molecule has 0 bridgehead atoms. The molecule has 2 aromatic rings. The van der Waals surface area contributed by atoms with E-state index in [9.17, 15) is 9.59 Å². The molecule has 10 heteroatoms. The van der Waals surface area contributed by atoms with Gasteiger partial charge in [0.05, 0.1) is 23.7 Å². The number of amides is 1. The first-order valence-electron chi connectivity index (χ1n) is 13.7. The van der Waals surface area contributed by atoms with Gasteiger partial charge in [0.15, 0.2) is 0 Å². The lowest BCUT2D eigenvalue weighted by atomic mass is 9.99. The third-order valence-electron chi connectivity index (χ3n) is 7.26. The van der Waals surface area contributed by atoms with Gasteiger partial charge in [-0.15, -0.1) is 0 Å². The van der Waals surface area contributed by atoms with Gasteiger partial charge in [-0.3, -0.25) is 23.8 Å². The van der Waals surface area contributed by atoms with Crippen LogP contribution >= 0.6 is 24.0 Å². The summed E-state index contributed by atoms with van der Waals surface area (Å²) in [6.07, 6.45) is 8.67. The monoisotopic (exact) mass is 557 g/mol. The van der Waals surface area contributed by atoms with Crippen LogP contribution in [0.3, 0.4) is 0 Å². The Morgan fingerprint density at radius 2 is 2.03 bits per heavy atom. The van der Waals surface area contributed by atoms with Crippen molar-refractivity contribution in [3.05, 3.63) is 44.7 Å². The fraction of sp³-hybridized carbons (Fsp3) is 0.571. The highest BCUT2D eigenvalue weighted by atomic mass is 32.2. The van der Waals surface area contributed by atoms with Crippen LogP contribution in [0.2, 0.25) is 0 Å². The van der Waals surface area contributed by atoms with E-state index in [-0.39, 0.29) is 11.5 Å². The van der Waals surface area contributed by atoms with Crippen molar-refractivity contribution in [1.82, 2.24) is 19.2 Å². The van der Waals surface area contributed by atoms with Gasteiger partial charge < -0.3 is 10.1 Å². The molecule has 1 N–H and O–H groups in total. The number of ether oxygens (including phenoxy) is 1. The van der Waals surface area contributed by atoms with Crippen LogP contribution in [0, 0.1) is 12.8 Å². The molecule has 0 radical (unpaired) electrons. The molecular formula is C28H39N5O3S2. The molecular weight excluding hydrogens is 518 g/mol. The number of aryl methyl sites for hydroxylation is 1. The quantitative estimate of drug-likeness (QED) is 0.231. The van der Waals surface area contributed by atoms with Gasteiger partial charge in [0, 0.05) is 32.4 Å². The Morgan fingerprint density at radius 1 is 1.24 bits per heavy atom. The highest BCUT2D eigenvalue weighted by molar-refractivity contribution is 8.26. The molecule has 0 spiro atoms. The Hall–Kier alpha value is -2.27. The predicted octanol–water partition coefficient (Wildman–Crippen LogP) is 4.55. The van der Waals surface area contributed by atoms with Crippen LogP contribution in [-0.4, -0.2) is 75.3 Å². The van der Waals surface area contributed by atoms with Crippen LogP contribution in [0.15, 0.2) is 28.0 Å². The number of thioether (sulfide) groups is 1. The smallest absolute Gasteiger partial charge is 0.267 e. The maximum absolute atomic E-state index is 13.6. The average molecular weight is 558 g/mol. The van der Waals surface area contributed by atoms with Crippen LogP contribution in [-0.2, 0) is 9.53 Å². The topological polar surface area (TPSA) is 79.2 Å². The molecule has 206 valence electrons. The Labute approximate surface area is 234 Å². The van der Waals surface area contributed by atoms with Crippen molar-refractivity contribution >= 4 is 51.7 Å². The summed E-state index contributed by atoms with van der Waals surface area (Å²) in [5.41, 5.74) is 1.71. The zero-order chi connectivity index (χ0) is 27.1. The zero-order valence-corrected chi connectivity index (χ0v) is 24.3. The summed E-state index contributed by atoms with van der Waals surface area (Å²) >= 11 is 6.87. The van der Waals surface area contributed by atoms with Crippen LogP contribution < -0.4 is 10.9 Å². The van der Waals surface area contributed by atoms with E-state index in [0.717, 1.165) is 70.5 Å². The molecule has 0 unspecified atom stereocenters. The molecule has 2 aliphatic heterocycles. The Balaban J connectivity index is 1.58. The van der Waals surface area contributed by atoms with Gasteiger partial charge in [-0.1, -0.05) is 63.2 Å². The predicted molar refractivity (Wildman–Crippen MR) is 160 cm³/mol. The van der Waals surface area contributed by atoms with Gasteiger partial charge in [-0.2, -0.15) is 0 Å². The summed E-state index contributed by atoms with van der Waals surface area (Å²) in [4.78, 5) is 36.4. The number of aromatic nitrogens is 2. The number of carbonyl (C=O) groups is 1. The third kappa shape index (κ3) is 6.83. The van der Waals surface area contributed by atoms with Gasteiger partial charge in [-0.25, -0.2) is 4.98 Å². The van der Waals surface area contributed by atoms with E-state index in [1.165, 1.54) is 11.8 Å². The first kappa shape index (κ1) is 28.7. The molecule has 1 atom stereocenters. The maximum atomic E-state index is 13.6. The lowest BCUT2D eigenvalue weighted by Crippen LogP contribution is -2.37. The molecule has 8 nitrogen and oxygen atoms in total. The van der Waals surface area contributed by atoms with E-state index in [0.29, 0.717) is 45.3 Å². The van der Waals surface area contributed by atoms with Gasteiger partial charge in [0.1, 0.15) is 15.8 Å². The highest BCUT2D eigenvalue weighted by Crippen LogP contribution is 2.34. The number of thiocarbonyl (C=S) groups is 1. The number of carbonyl (C=O) groups excluding carboxylic acids is 1. The molecule has 2 fully saturated rings. The summed E-state index contributed by atoms with van der Waals surface area (Å²) in [6, 6.07) is 3.78. The summed E-state index contributed by atoms with van der Waals surface area (Å²) in [5.74, 6) is 0.796. The van der Waals surface area contributed by atoms with E-state index >= 15 is 0 Å². The fourth-order valence-corrected chi connectivity index (χ4v) is 6.13. The van der Waals surface area contributed by atoms with Crippen molar-refractivity contribution in [2.24, 2.45) is 5.92 Å². The summed E-state index contributed by atoms with van der Waals surface area (Å²) in [7, 11) is 0. The first-order valence-corrected chi connectivity index (χ1v) is 15.0. The van der Waals surface area contributed by atoms with Crippen LogP contribution in [0.5, 0.6) is 0 Å². The van der Waals surface area contributed by atoms with Gasteiger partial charge >= 0.3 is 0 Å². The van der Waals surface area contributed by atoms with Crippen molar-refractivity contribution in [2.45, 2.75) is 52.9 Å². The Bertz CT molecular complexity index is 1240. The number of pyridine rings is 1. The van der Waals surface area contributed by atoms with Crippen molar-refractivity contribution < 1.29 is 9.53 Å². The first-order chi connectivity index (χ1) is 18.4. The number of hydrogen-bond donors (Lipinski definition) is 1. The number of nitrogens with zero attached hydrogens (tertiary/aromatic N) is 4. The molecule has 4 heterocycles. The van der Waals surface area contributed by atoms with Crippen molar-refractivity contribution in [2.75, 3.05) is 51.3 Å². The third-order valence-corrected chi connectivity index (χ3v) is 8.64. The van der Waals surface area contributed by atoms with E-state index < -0.39 is 0 Å². The lowest BCUT2D eigenvalue weighted by molar-refractivity contribution is -0.122. The van der Waals surface area contributed by atoms with Gasteiger partial charge in [-0.05, 0) is 49.9 Å². The molecule has 1 amide bonds. The number of rotatable bonds is 12. The molecule has 38 heavy (non-hydrogen) atoms. The molecule has 4 rings (SSSR count). The van der Waals surface area contributed by atoms with Crippen molar-refractivity contribution in [1.29, 1.82) is 0 Å². The summed E-state index contributed by atoms with van der Waals surface area (Å²) < 4.78 is 7.55. The highest BCUT2D eigenvalue weighted by Gasteiger charge is 2.33. The average Bonchev–Trinajstić information content (AvgIpc) is 3.19. The number of anilines is 1. The van der Waals surface area contributed by atoms with Crippen molar-refractivity contribution in [3.8, 4) is 0 Å². The normalized spacial score (nSPS) is 18.6. The second kappa shape index (κ2) is 13.7. The van der Waals surface area contributed by atoms with Gasteiger partial charge in [0.2, 0.25) is 0 Å². The van der Waals surface area contributed by atoms with E-state index in [1.54, 1.807) is 21.6 Å². The summed E-state index contributed by atoms with van der Waals surface area (Å²) in [6.45, 7) is 12.0. The number of fused-ring (bicyclic) bond motifs is 1. The van der Waals surface area contributed by atoms with E-state index in [2.05, 4.69) is 24.1 Å². The van der Waals surface area contributed by atoms with E-state index in [1.807, 2.05) is 19.1 Å². The van der Waals surface area contributed by atoms with Crippen molar-refractivity contribution in [3.63, 3.8) is 0 Å². The molecule has 2 saturated heterocycles. The fourth-order valence-electron chi connectivity index (χ4n) is 4.87. The maximum Gasteiger partial charge on any atom is 0.267 e. The number of hydrogen-bond acceptors (Lipinski definition) is 8. The Morgan fingerprint density at radius 3 is 2.76 bits per heavy atom. The van der Waals surface area contributed by atoms with Crippen LogP contribution in [0.25, 0.3) is 11.7 Å². The minimum absolute atomic E-state index is 0.123. The molecule has 0 saturated carbocycles. The second-order valence-corrected chi connectivity index (χ2v) is 11.7. The lowest BCUT2D eigenvalue weighted by Gasteiger charge is -2.26. The minimum atomic E-state index is -0.200. The molecule has 2 aromatic heterocycles. The minimum Gasteiger partial charge on any atom is -0.379 e. The number of unbranched alkanes of at least 4 members (excludes halogenated alkanes) is 1. The molecule has 0 aromatic carbocycles. The number of nitrogens with one attached hydrogen (secondary N) is 1. The molecule has 2 aliphatic rings. The van der Waals surface area contributed by atoms with E-state index in [4.69, 9.17) is 21.9 Å². The second-order valence-electron chi connectivity index (χ2n) is 10.0. The van der Waals surface area contributed by atoms with Crippen LogP contribution in [0.1, 0.15) is 57.1 Å². The largest absolute Gasteiger partial charge is 0.379 e. The summed E-state index contributed by atoms with van der Waals surface area (Å²) in [5, 5.41) is 3.39. The van der Waals surface area contributed by atoms with Crippen LogP contribution in [0.4, 0.5) is 5.82 Å². The zero-order valence-electron chi connectivity index (χ0n) is 22.7. The Kier molecular flexibility index (Phi) is 10.3. The molecule has 0 aliphatic carbocycles. The SMILES string of the molecule is CCCC[C@@H](CC)CN1C(=O)/C(=C/c2c(NCCCN3CCOCC3)nc3c(C)cccn3c2=O)SC1=S.